The molecule has 0 saturated heterocycles. The van der Waals surface area contributed by atoms with Gasteiger partial charge in [-0.2, -0.15) is 0 Å². The molecule has 1 unspecified atom stereocenters. The number of fused-ring (bicyclic) bond motifs is 1. The molecule has 0 saturated carbocycles. The molecule has 0 aliphatic heterocycles. The fraction of sp³-hybridized carbons (Fsp3) is 0.222. The molecular weight excluding hydrogens is 462 g/mol. The molecule has 1 atom stereocenters. The third-order valence-corrected chi connectivity index (χ3v) is 7.44. The van der Waals surface area contributed by atoms with Crippen LogP contribution in [-0.2, 0) is 10.0 Å². The van der Waals surface area contributed by atoms with Crippen molar-refractivity contribution in [1.29, 1.82) is 0 Å². The summed E-state index contributed by atoms with van der Waals surface area (Å²) >= 11 is 0. The molecule has 1 amide bonds. The first-order valence-corrected chi connectivity index (χ1v) is 12.9. The monoisotopic (exact) mass is 491 g/mol. The number of benzene rings is 3. The number of rotatable bonds is 9. The normalized spacial score (nSPS) is 12.6. The SMILES string of the molecule is COc1ccc(C(CNC(=O)c2cccc(S(=O)(=O)NC(C)C)c2)c2c[nH]c3ccccc23)cc1. The number of hydrogen-bond acceptors (Lipinski definition) is 4. The zero-order valence-corrected chi connectivity index (χ0v) is 20.7. The Balaban J connectivity index is 1.61. The highest BCUT2D eigenvalue weighted by molar-refractivity contribution is 7.89. The van der Waals surface area contributed by atoms with Crippen molar-refractivity contribution < 1.29 is 17.9 Å². The maximum atomic E-state index is 13.1. The summed E-state index contributed by atoms with van der Waals surface area (Å²) in [4.78, 5) is 16.4. The lowest BCUT2D eigenvalue weighted by molar-refractivity contribution is 0.0952. The van der Waals surface area contributed by atoms with Gasteiger partial charge in [-0.3, -0.25) is 4.79 Å². The first-order valence-electron chi connectivity index (χ1n) is 11.4. The van der Waals surface area contributed by atoms with E-state index in [0.717, 1.165) is 27.8 Å². The van der Waals surface area contributed by atoms with E-state index in [1.165, 1.54) is 12.1 Å². The van der Waals surface area contributed by atoms with Crippen LogP contribution in [0.5, 0.6) is 5.75 Å². The van der Waals surface area contributed by atoms with Crippen molar-refractivity contribution in [3.63, 3.8) is 0 Å². The fourth-order valence-electron chi connectivity index (χ4n) is 4.11. The third kappa shape index (κ3) is 5.55. The molecule has 3 aromatic carbocycles. The predicted molar refractivity (Wildman–Crippen MR) is 137 cm³/mol. The van der Waals surface area contributed by atoms with E-state index >= 15 is 0 Å². The number of H-pyrrole nitrogens is 1. The number of para-hydroxylation sites is 1. The number of methoxy groups -OCH3 is 1. The average Bonchev–Trinajstić information content (AvgIpc) is 3.28. The molecule has 182 valence electrons. The molecule has 0 radical (unpaired) electrons. The van der Waals surface area contributed by atoms with E-state index in [-0.39, 0.29) is 28.3 Å². The molecule has 0 fully saturated rings. The molecule has 1 aromatic heterocycles. The topological polar surface area (TPSA) is 100 Å². The van der Waals surface area contributed by atoms with E-state index < -0.39 is 10.0 Å². The van der Waals surface area contributed by atoms with E-state index in [4.69, 9.17) is 4.74 Å². The minimum absolute atomic E-state index is 0.0576. The van der Waals surface area contributed by atoms with E-state index in [0.29, 0.717) is 6.54 Å². The second-order valence-electron chi connectivity index (χ2n) is 8.63. The number of amides is 1. The summed E-state index contributed by atoms with van der Waals surface area (Å²) in [5.41, 5.74) is 3.38. The summed E-state index contributed by atoms with van der Waals surface area (Å²) in [5.74, 6) is 0.281. The van der Waals surface area contributed by atoms with Crippen molar-refractivity contribution in [3.05, 3.63) is 95.7 Å². The molecule has 3 N–H and O–H groups in total. The van der Waals surface area contributed by atoms with Gasteiger partial charge in [-0.15, -0.1) is 0 Å². The molecule has 0 aliphatic rings. The Bertz CT molecular complexity index is 1430. The van der Waals surface area contributed by atoms with Crippen molar-refractivity contribution in [2.75, 3.05) is 13.7 Å². The van der Waals surface area contributed by atoms with Gasteiger partial charge in [0.2, 0.25) is 10.0 Å². The van der Waals surface area contributed by atoms with Crippen LogP contribution in [0.2, 0.25) is 0 Å². The van der Waals surface area contributed by atoms with Crippen LogP contribution >= 0.6 is 0 Å². The Hall–Kier alpha value is -3.62. The number of aromatic amines is 1. The molecule has 7 nitrogen and oxygen atoms in total. The summed E-state index contributed by atoms with van der Waals surface area (Å²) in [6.07, 6.45) is 1.97. The molecular formula is C27H29N3O4S. The standard InChI is InChI=1S/C27H29N3O4S/c1-18(2)30-35(32,33)22-8-6-7-20(15-22)27(31)29-16-24(19-11-13-21(34-3)14-12-19)25-17-28-26-10-5-4-9-23(25)26/h4-15,17-18,24,28,30H,16H2,1-3H3,(H,29,31). The lowest BCUT2D eigenvalue weighted by Crippen LogP contribution is -2.31. The van der Waals surface area contributed by atoms with Crippen LogP contribution < -0.4 is 14.8 Å². The van der Waals surface area contributed by atoms with E-state index in [1.807, 2.05) is 48.7 Å². The number of nitrogens with one attached hydrogen (secondary N) is 3. The van der Waals surface area contributed by atoms with E-state index in [9.17, 15) is 13.2 Å². The number of carbonyl (C=O) groups is 1. The second-order valence-corrected chi connectivity index (χ2v) is 10.3. The Labute approximate surface area is 205 Å². The number of sulfonamides is 1. The van der Waals surface area contributed by atoms with Crippen LogP contribution in [0, 0.1) is 0 Å². The first-order chi connectivity index (χ1) is 16.8. The largest absolute Gasteiger partial charge is 0.497 e. The van der Waals surface area contributed by atoms with Gasteiger partial charge in [0.25, 0.3) is 5.91 Å². The summed E-state index contributed by atoms with van der Waals surface area (Å²) in [5, 5.41) is 4.08. The lowest BCUT2D eigenvalue weighted by Gasteiger charge is -2.19. The van der Waals surface area contributed by atoms with Crippen molar-refractivity contribution in [2.24, 2.45) is 0 Å². The van der Waals surface area contributed by atoms with Gasteiger partial charge in [-0.05, 0) is 61.4 Å². The molecule has 8 heteroatoms. The summed E-state index contributed by atoms with van der Waals surface area (Å²) in [6, 6.07) is 21.6. The number of carbonyl (C=O) groups excluding carboxylic acids is 1. The Morgan fingerprint density at radius 2 is 1.74 bits per heavy atom. The highest BCUT2D eigenvalue weighted by atomic mass is 32.2. The molecule has 35 heavy (non-hydrogen) atoms. The van der Waals surface area contributed by atoms with Crippen molar-refractivity contribution in [2.45, 2.75) is 30.7 Å². The highest BCUT2D eigenvalue weighted by Crippen LogP contribution is 2.31. The highest BCUT2D eigenvalue weighted by Gasteiger charge is 2.21. The average molecular weight is 492 g/mol. The van der Waals surface area contributed by atoms with Gasteiger partial charge in [-0.25, -0.2) is 13.1 Å². The van der Waals surface area contributed by atoms with Crippen LogP contribution in [0.3, 0.4) is 0 Å². The number of hydrogen-bond donors (Lipinski definition) is 3. The zero-order valence-electron chi connectivity index (χ0n) is 19.9. The van der Waals surface area contributed by atoms with Gasteiger partial charge < -0.3 is 15.0 Å². The van der Waals surface area contributed by atoms with Crippen LogP contribution in [-0.4, -0.2) is 39.0 Å². The fourth-order valence-corrected chi connectivity index (χ4v) is 5.40. The van der Waals surface area contributed by atoms with E-state index in [1.54, 1.807) is 33.1 Å². The van der Waals surface area contributed by atoms with Crippen molar-refractivity contribution >= 4 is 26.8 Å². The van der Waals surface area contributed by atoms with E-state index in [2.05, 4.69) is 21.1 Å². The van der Waals surface area contributed by atoms with Crippen LogP contribution in [0.1, 0.15) is 41.3 Å². The predicted octanol–water partition coefficient (Wildman–Crippen LogP) is 4.43. The Kier molecular flexibility index (Phi) is 7.23. The number of aromatic nitrogens is 1. The minimum Gasteiger partial charge on any atom is -0.497 e. The molecule has 4 rings (SSSR count). The first kappa shape index (κ1) is 24.5. The molecule has 0 spiro atoms. The molecule has 4 aromatic rings. The summed E-state index contributed by atoms with van der Waals surface area (Å²) in [6.45, 7) is 3.82. The zero-order chi connectivity index (χ0) is 25.0. The minimum atomic E-state index is -3.70. The van der Waals surface area contributed by atoms with Crippen molar-refractivity contribution in [1.82, 2.24) is 15.0 Å². The van der Waals surface area contributed by atoms with Crippen LogP contribution in [0.25, 0.3) is 10.9 Å². The summed E-state index contributed by atoms with van der Waals surface area (Å²) in [7, 11) is -2.08. The van der Waals surface area contributed by atoms with Gasteiger partial charge in [0.05, 0.1) is 12.0 Å². The van der Waals surface area contributed by atoms with Crippen LogP contribution in [0.15, 0.2) is 83.9 Å². The smallest absolute Gasteiger partial charge is 0.251 e. The summed E-state index contributed by atoms with van der Waals surface area (Å²) < 4.78 is 32.9. The lowest BCUT2D eigenvalue weighted by atomic mass is 9.90. The quantitative estimate of drug-likeness (QED) is 0.323. The molecule has 0 bridgehead atoms. The van der Waals surface area contributed by atoms with Gasteiger partial charge >= 0.3 is 0 Å². The third-order valence-electron chi connectivity index (χ3n) is 5.78. The second kappa shape index (κ2) is 10.3. The Morgan fingerprint density at radius 3 is 2.46 bits per heavy atom. The van der Waals surface area contributed by atoms with Gasteiger partial charge in [-0.1, -0.05) is 36.4 Å². The molecule has 0 aliphatic carbocycles. The van der Waals surface area contributed by atoms with Crippen LogP contribution in [0.4, 0.5) is 0 Å². The number of ether oxygens (including phenoxy) is 1. The van der Waals surface area contributed by atoms with Gasteiger partial charge in [0.1, 0.15) is 5.75 Å². The maximum Gasteiger partial charge on any atom is 0.251 e. The van der Waals surface area contributed by atoms with Gasteiger partial charge in [0.15, 0.2) is 0 Å². The maximum absolute atomic E-state index is 13.1. The molecule has 1 heterocycles. The van der Waals surface area contributed by atoms with Crippen molar-refractivity contribution in [3.8, 4) is 5.75 Å². The Morgan fingerprint density at radius 1 is 1.00 bits per heavy atom. The van der Waals surface area contributed by atoms with Gasteiger partial charge in [0, 0.05) is 41.2 Å².